The third-order valence-electron chi connectivity index (χ3n) is 3.98. The maximum atomic E-state index is 11.3. The molecule has 0 aliphatic carbocycles. The Balaban J connectivity index is 2.00. The number of hydrogen-bond donors (Lipinski definition) is 1. The minimum Gasteiger partial charge on any atom is -0.478 e. The van der Waals surface area contributed by atoms with Crippen molar-refractivity contribution >= 4 is 17.0 Å². The first-order chi connectivity index (χ1) is 9.66. The summed E-state index contributed by atoms with van der Waals surface area (Å²) in [5.41, 5.74) is 1.77. The molecule has 0 amide bonds. The van der Waals surface area contributed by atoms with Crippen LogP contribution in [-0.4, -0.2) is 33.8 Å². The largest absolute Gasteiger partial charge is 0.478 e. The Morgan fingerprint density at radius 1 is 1.45 bits per heavy atom. The van der Waals surface area contributed by atoms with E-state index in [0.29, 0.717) is 11.4 Å². The highest BCUT2D eigenvalue weighted by atomic mass is 16.5. The SMILES string of the molecule is Cc1nc2c(C(=O)O)cccc2n1CC1CCOCC1. The lowest BCUT2D eigenvalue weighted by atomic mass is 10.0. The molecule has 0 unspecified atom stereocenters. The highest BCUT2D eigenvalue weighted by Crippen LogP contribution is 2.24. The van der Waals surface area contributed by atoms with Crippen LogP contribution in [0.25, 0.3) is 11.0 Å². The third-order valence-corrected chi connectivity index (χ3v) is 3.98. The maximum Gasteiger partial charge on any atom is 0.337 e. The van der Waals surface area contributed by atoms with Gasteiger partial charge in [0.2, 0.25) is 0 Å². The molecular formula is C15H18N2O3. The fraction of sp³-hybridized carbons (Fsp3) is 0.467. The van der Waals surface area contributed by atoms with E-state index in [2.05, 4.69) is 9.55 Å². The van der Waals surface area contributed by atoms with E-state index < -0.39 is 5.97 Å². The minimum atomic E-state index is -0.925. The first-order valence-corrected chi connectivity index (χ1v) is 6.93. The van der Waals surface area contributed by atoms with Gasteiger partial charge in [0.15, 0.2) is 0 Å². The van der Waals surface area contributed by atoms with Crippen LogP contribution in [0.4, 0.5) is 0 Å². The number of hydrogen-bond acceptors (Lipinski definition) is 3. The molecule has 5 nitrogen and oxygen atoms in total. The summed E-state index contributed by atoms with van der Waals surface area (Å²) in [5.74, 6) is 0.528. The van der Waals surface area contributed by atoms with Crippen molar-refractivity contribution in [2.45, 2.75) is 26.3 Å². The highest BCUT2D eigenvalue weighted by molar-refractivity contribution is 6.01. The Bertz CT molecular complexity index is 642. The molecule has 1 aliphatic heterocycles. The average molecular weight is 274 g/mol. The van der Waals surface area contributed by atoms with E-state index in [4.69, 9.17) is 4.74 Å². The van der Waals surface area contributed by atoms with Gasteiger partial charge in [-0.15, -0.1) is 0 Å². The van der Waals surface area contributed by atoms with Crippen LogP contribution in [0, 0.1) is 12.8 Å². The van der Waals surface area contributed by atoms with Gasteiger partial charge in [0.25, 0.3) is 0 Å². The number of nitrogens with zero attached hydrogens (tertiary/aromatic N) is 2. The van der Waals surface area contributed by atoms with Crippen molar-refractivity contribution in [3.63, 3.8) is 0 Å². The first kappa shape index (κ1) is 13.1. The Kier molecular flexibility index (Phi) is 3.44. The molecule has 2 heterocycles. The Morgan fingerprint density at radius 3 is 2.90 bits per heavy atom. The number of benzene rings is 1. The molecule has 20 heavy (non-hydrogen) atoms. The number of aryl methyl sites for hydroxylation is 1. The average Bonchev–Trinajstić information content (AvgIpc) is 2.76. The first-order valence-electron chi connectivity index (χ1n) is 6.93. The van der Waals surface area contributed by atoms with Crippen molar-refractivity contribution in [2.75, 3.05) is 13.2 Å². The minimum absolute atomic E-state index is 0.274. The number of aromatic carboxylic acids is 1. The molecule has 5 heteroatoms. The van der Waals surface area contributed by atoms with Gasteiger partial charge in [-0.25, -0.2) is 9.78 Å². The van der Waals surface area contributed by atoms with Crippen molar-refractivity contribution < 1.29 is 14.6 Å². The van der Waals surface area contributed by atoms with Crippen molar-refractivity contribution in [2.24, 2.45) is 5.92 Å². The number of imidazole rings is 1. The molecule has 106 valence electrons. The Hall–Kier alpha value is -1.88. The maximum absolute atomic E-state index is 11.3. The number of aromatic nitrogens is 2. The number of para-hydroxylation sites is 1. The Morgan fingerprint density at radius 2 is 2.20 bits per heavy atom. The molecule has 1 N–H and O–H groups in total. The smallest absolute Gasteiger partial charge is 0.337 e. The zero-order valence-electron chi connectivity index (χ0n) is 11.5. The molecule has 1 fully saturated rings. The highest BCUT2D eigenvalue weighted by Gasteiger charge is 2.19. The van der Waals surface area contributed by atoms with E-state index in [1.165, 1.54) is 0 Å². The van der Waals surface area contributed by atoms with Gasteiger partial charge in [-0.05, 0) is 37.8 Å². The Labute approximate surface area is 117 Å². The molecular weight excluding hydrogens is 256 g/mol. The van der Waals surface area contributed by atoms with Crippen LogP contribution in [0.3, 0.4) is 0 Å². The zero-order chi connectivity index (χ0) is 14.1. The van der Waals surface area contributed by atoms with Crippen LogP contribution in [-0.2, 0) is 11.3 Å². The topological polar surface area (TPSA) is 64.3 Å². The van der Waals surface area contributed by atoms with E-state index in [1.54, 1.807) is 12.1 Å². The molecule has 0 saturated carbocycles. The van der Waals surface area contributed by atoms with Crippen LogP contribution in [0.15, 0.2) is 18.2 Å². The lowest BCUT2D eigenvalue weighted by Gasteiger charge is -2.23. The van der Waals surface area contributed by atoms with E-state index >= 15 is 0 Å². The summed E-state index contributed by atoms with van der Waals surface area (Å²) in [6, 6.07) is 5.34. The molecule has 1 aromatic heterocycles. The van der Waals surface area contributed by atoms with Gasteiger partial charge in [0, 0.05) is 19.8 Å². The number of carbonyl (C=O) groups is 1. The van der Waals surface area contributed by atoms with Crippen LogP contribution in [0.1, 0.15) is 29.0 Å². The molecule has 3 rings (SSSR count). The van der Waals surface area contributed by atoms with Crippen LogP contribution in [0.5, 0.6) is 0 Å². The second kappa shape index (κ2) is 5.25. The van der Waals surface area contributed by atoms with Crippen molar-refractivity contribution in [3.8, 4) is 0 Å². The predicted molar refractivity (Wildman–Crippen MR) is 75.0 cm³/mol. The quantitative estimate of drug-likeness (QED) is 0.933. The zero-order valence-corrected chi connectivity index (χ0v) is 11.5. The molecule has 0 spiro atoms. The fourth-order valence-corrected chi connectivity index (χ4v) is 2.85. The monoisotopic (exact) mass is 274 g/mol. The van der Waals surface area contributed by atoms with Crippen molar-refractivity contribution in [1.82, 2.24) is 9.55 Å². The van der Waals surface area contributed by atoms with Gasteiger partial charge in [-0.3, -0.25) is 0 Å². The van der Waals surface area contributed by atoms with E-state index in [-0.39, 0.29) is 5.56 Å². The fourth-order valence-electron chi connectivity index (χ4n) is 2.85. The summed E-state index contributed by atoms with van der Waals surface area (Å²) in [5, 5.41) is 9.24. The number of carboxylic acids is 1. The summed E-state index contributed by atoms with van der Waals surface area (Å²) in [7, 11) is 0. The predicted octanol–water partition coefficient (Wildman–Crippen LogP) is 2.47. The van der Waals surface area contributed by atoms with Gasteiger partial charge >= 0.3 is 5.97 Å². The van der Waals surface area contributed by atoms with Crippen LogP contribution >= 0.6 is 0 Å². The van der Waals surface area contributed by atoms with Gasteiger partial charge in [0.1, 0.15) is 11.3 Å². The van der Waals surface area contributed by atoms with E-state index in [1.807, 2.05) is 13.0 Å². The normalized spacial score (nSPS) is 16.6. The van der Waals surface area contributed by atoms with E-state index in [0.717, 1.165) is 43.9 Å². The van der Waals surface area contributed by atoms with Gasteiger partial charge in [-0.1, -0.05) is 6.07 Å². The molecule has 1 saturated heterocycles. The van der Waals surface area contributed by atoms with Gasteiger partial charge < -0.3 is 14.4 Å². The lowest BCUT2D eigenvalue weighted by molar-refractivity contribution is 0.0614. The summed E-state index contributed by atoms with van der Waals surface area (Å²) >= 11 is 0. The van der Waals surface area contributed by atoms with Crippen molar-refractivity contribution in [1.29, 1.82) is 0 Å². The van der Waals surface area contributed by atoms with Gasteiger partial charge in [-0.2, -0.15) is 0 Å². The number of ether oxygens (including phenoxy) is 1. The molecule has 2 aromatic rings. The lowest BCUT2D eigenvalue weighted by Crippen LogP contribution is -2.20. The molecule has 1 aromatic carbocycles. The van der Waals surface area contributed by atoms with E-state index in [9.17, 15) is 9.90 Å². The van der Waals surface area contributed by atoms with Gasteiger partial charge in [0.05, 0.1) is 11.1 Å². The van der Waals surface area contributed by atoms with Crippen LogP contribution < -0.4 is 0 Å². The molecule has 1 aliphatic rings. The van der Waals surface area contributed by atoms with Crippen molar-refractivity contribution in [3.05, 3.63) is 29.6 Å². The summed E-state index contributed by atoms with van der Waals surface area (Å²) in [6.45, 7) is 4.45. The molecule has 0 atom stereocenters. The van der Waals surface area contributed by atoms with Crippen LogP contribution in [0.2, 0.25) is 0 Å². The standard InChI is InChI=1S/C15H18N2O3/c1-10-16-14-12(15(18)19)3-2-4-13(14)17(10)9-11-5-7-20-8-6-11/h2-4,11H,5-9H2,1H3,(H,18,19). The number of fused-ring (bicyclic) bond motifs is 1. The number of carboxylic acid groups (broad SMARTS) is 1. The molecule has 0 radical (unpaired) electrons. The third kappa shape index (κ3) is 2.29. The summed E-state index contributed by atoms with van der Waals surface area (Å²) in [4.78, 5) is 15.7. The second-order valence-electron chi connectivity index (χ2n) is 5.30. The second-order valence-corrected chi connectivity index (χ2v) is 5.30. The summed E-state index contributed by atoms with van der Waals surface area (Å²) < 4.78 is 7.52. The summed E-state index contributed by atoms with van der Waals surface area (Å²) in [6.07, 6.45) is 2.11. The molecule has 0 bridgehead atoms. The number of rotatable bonds is 3.